The molecule has 0 saturated carbocycles. The summed E-state index contributed by atoms with van der Waals surface area (Å²) in [5.41, 5.74) is 0.884. The molecule has 1 aliphatic rings. The van der Waals surface area contributed by atoms with Gasteiger partial charge in [0.05, 0.1) is 28.8 Å². The maximum atomic E-state index is 14.2. The van der Waals surface area contributed by atoms with Crippen molar-refractivity contribution in [2.45, 2.75) is 45.1 Å². The Morgan fingerprint density at radius 1 is 1.08 bits per heavy atom. The van der Waals surface area contributed by atoms with E-state index in [1.165, 1.54) is 12.3 Å². The zero-order valence-corrected chi connectivity index (χ0v) is 21.0. The Labute approximate surface area is 213 Å². The number of aromatic nitrogens is 2. The van der Waals surface area contributed by atoms with E-state index in [9.17, 15) is 18.4 Å². The maximum Gasteiger partial charge on any atom is 0.410 e. The SMILES string of the molecule is CC(C)(C)OC(=O)N1CCC(c2c(C(=O)Nc3ccc(F)cc3F)cnn2-c2ccc(Cl)cc2)CC1. The molecule has 10 heteroatoms. The number of carbonyl (C=O) groups excluding carboxylic acids is 2. The molecule has 0 radical (unpaired) electrons. The number of hydrogen-bond acceptors (Lipinski definition) is 4. The van der Waals surface area contributed by atoms with E-state index in [1.807, 2.05) is 20.8 Å². The number of anilines is 1. The van der Waals surface area contributed by atoms with E-state index in [0.29, 0.717) is 48.4 Å². The minimum absolute atomic E-state index is 0.110. The largest absolute Gasteiger partial charge is 0.444 e. The van der Waals surface area contributed by atoms with E-state index < -0.39 is 23.1 Å². The van der Waals surface area contributed by atoms with Gasteiger partial charge in [-0.2, -0.15) is 5.10 Å². The van der Waals surface area contributed by atoms with Crippen LogP contribution in [0.4, 0.5) is 19.3 Å². The first-order valence-corrected chi connectivity index (χ1v) is 12.0. The van der Waals surface area contributed by atoms with Crippen LogP contribution in [0.15, 0.2) is 48.7 Å². The molecule has 0 atom stereocenters. The highest BCUT2D eigenvalue weighted by Gasteiger charge is 2.32. The third-order valence-electron chi connectivity index (χ3n) is 5.83. The summed E-state index contributed by atoms with van der Waals surface area (Å²) in [7, 11) is 0. The summed E-state index contributed by atoms with van der Waals surface area (Å²) in [4.78, 5) is 27.4. The average Bonchev–Trinajstić information content (AvgIpc) is 3.25. The topological polar surface area (TPSA) is 76.5 Å². The van der Waals surface area contributed by atoms with Gasteiger partial charge in [0.25, 0.3) is 5.91 Å². The van der Waals surface area contributed by atoms with E-state index in [2.05, 4.69) is 10.4 Å². The monoisotopic (exact) mass is 516 g/mol. The Balaban J connectivity index is 1.62. The zero-order valence-electron chi connectivity index (χ0n) is 20.2. The smallest absolute Gasteiger partial charge is 0.410 e. The normalized spacial score (nSPS) is 14.6. The quantitative estimate of drug-likeness (QED) is 0.450. The van der Waals surface area contributed by atoms with E-state index in [1.54, 1.807) is 33.8 Å². The first kappa shape index (κ1) is 25.6. The van der Waals surface area contributed by atoms with Gasteiger partial charge in [-0.25, -0.2) is 18.3 Å². The lowest BCUT2D eigenvalue weighted by molar-refractivity contribution is 0.0203. The molecule has 0 unspecified atom stereocenters. The molecule has 1 aliphatic heterocycles. The molecule has 4 rings (SSSR count). The molecule has 1 fully saturated rings. The molecule has 7 nitrogen and oxygen atoms in total. The second-order valence-electron chi connectivity index (χ2n) is 9.65. The fraction of sp³-hybridized carbons (Fsp3) is 0.346. The summed E-state index contributed by atoms with van der Waals surface area (Å²) in [6.07, 6.45) is 2.20. The lowest BCUT2D eigenvalue weighted by Gasteiger charge is -2.34. The van der Waals surface area contributed by atoms with Crippen LogP contribution in [-0.4, -0.2) is 45.4 Å². The first-order chi connectivity index (χ1) is 17.0. The highest BCUT2D eigenvalue weighted by atomic mass is 35.5. The van der Waals surface area contributed by atoms with Gasteiger partial charge in [0.2, 0.25) is 0 Å². The van der Waals surface area contributed by atoms with E-state index in [0.717, 1.165) is 6.07 Å². The molecule has 36 heavy (non-hydrogen) atoms. The molecule has 1 N–H and O–H groups in total. The van der Waals surface area contributed by atoms with Crippen molar-refractivity contribution in [3.63, 3.8) is 0 Å². The van der Waals surface area contributed by atoms with Crippen molar-refractivity contribution in [1.29, 1.82) is 0 Å². The van der Waals surface area contributed by atoms with Gasteiger partial charge in [0.15, 0.2) is 0 Å². The van der Waals surface area contributed by atoms with Gasteiger partial charge in [0.1, 0.15) is 17.2 Å². The molecule has 2 heterocycles. The third-order valence-corrected chi connectivity index (χ3v) is 6.09. The van der Waals surface area contributed by atoms with Gasteiger partial charge in [-0.3, -0.25) is 4.79 Å². The Kier molecular flexibility index (Phi) is 7.31. The second-order valence-corrected chi connectivity index (χ2v) is 10.1. The number of amides is 2. The number of ether oxygens (including phenoxy) is 1. The second kappa shape index (κ2) is 10.3. The number of hydrogen-bond donors (Lipinski definition) is 1. The van der Waals surface area contributed by atoms with E-state index in [-0.39, 0.29) is 23.3 Å². The molecular weight excluding hydrogens is 490 g/mol. The van der Waals surface area contributed by atoms with Gasteiger partial charge < -0.3 is 15.0 Å². The van der Waals surface area contributed by atoms with Crippen molar-refractivity contribution < 1.29 is 23.1 Å². The molecule has 0 aliphatic carbocycles. The van der Waals surface area contributed by atoms with Crippen molar-refractivity contribution >= 4 is 29.3 Å². The summed E-state index contributed by atoms with van der Waals surface area (Å²) in [6, 6.07) is 9.97. The summed E-state index contributed by atoms with van der Waals surface area (Å²) < 4.78 is 34.6. The number of nitrogens with one attached hydrogen (secondary N) is 1. The Bertz CT molecular complexity index is 1260. The van der Waals surface area contributed by atoms with Crippen LogP contribution in [-0.2, 0) is 4.74 Å². The molecule has 190 valence electrons. The minimum atomic E-state index is -0.874. The number of piperidine rings is 1. The van der Waals surface area contributed by atoms with Gasteiger partial charge in [-0.15, -0.1) is 0 Å². The number of halogens is 3. The van der Waals surface area contributed by atoms with Crippen LogP contribution in [0.5, 0.6) is 0 Å². The molecule has 0 bridgehead atoms. The first-order valence-electron chi connectivity index (χ1n) is 11.6. The molecule has 2 amide bonds. The number of likely N-dealkylation sites (tertiary alicyclic amines) is 1. The number of benzene rings is 2. The maximum absolute atomic E-state index is 14.2. The molecule has 1 saturated heterocycles. The fourth-order valence-electron chi connectivity index (χ4n) is 4.16. The summed E-state index contributed by atoms with van der Waals surface area (Å²) >= 11 is 6.05. The average molecular weight is 517 g/mol. The van der Waals surface area contributed by atoms with E-state index >= 15 is 0 Å². The highest BCUT2D eigenvalue weighted by Crippen LogP contribution is 2.33. The number of carbonyl (C=O) groups is 2. The van der Waals surface area contributed by atoms with Crippen LogP contribution >= 0.6 is 11.6 Å². The van der Waals surface area contributed by atoms with Crippen molar-refractivity contribution in [2.24, 2.45) is 0 Å². The van der Waals surface area contributed by atoms with Crippen LogP contribution in [0, 0.1) is 11.6 Å². The van der Waals surface area contributed by atoms with Crippen molar-refractivity contribution in [3.8, 4) is 5.69 Å². The molecule has 2 aromatic carbocycles. The number of nitrogens with zero attached hydrogens (tertiary/aromatic N) is 3. The van der Waals surface area contributed by atoms with Crippen molar-refractivity contribution in [1.82, 2.24) is 14.7 Å². The summed E-state index contributed by atoms with van der Waals surface area (Å²) in [6.45, 7) is 6.34. The van der Waals surface area contributed by atoms with Gasteiger partial charge in [0, 0.05) is 30.1 Å². The van der Waals surface area contributed by atoms with Crippen LogP contribution in [0.2, 0.25) is 5.02 Å². The van der Waals surface area contributed by atoms with Crippen molar-refractivity contribution in [3.05, 3.63) is 76.6 Å². The predicted octanol–water partition coefficient (Wildman–Crippen LogP) is 6.17. The highest BCUT2D eigenvalue weighted by molar-refractivity contribution is 6.30. The third kappa shape index (κ3) is 5.84. The van der Waals surface area contributed by atoms with Crippen LogP contribution in [0.25, 0.3) is 5.69 Å². The Morgan fingerprint density at radius 2 is 1.75 bits per heavy atom. The molecule has 3 aromatic rings. The molecule has 0 spiro atoms. The van der Waals surface area contributed by atoms with Gasteiger partial charge in [-0.05, 0) is 70.0 Å². The van der Waals surface area contributed by atoms with Crippen molar-refractivity contribution in [2.75, 3.05) is 18.4 Å². The standard InChI is InChI=1S/C26H27ClF2N4O3/c1-26(2,3)36-25(35)32-12-10-16(11-13-32)23-20(15-30-33(23)19-7-4-17(27)5-8-19)24(34)31-22-9-6-18(28)14-21(22)29/h4-9,14-16H,10-13H2,1-3H3,(H,31,34). The predicted molar refractivity (Wildman–Crippen MR) is 133 cm³/mol. The summed E-state index contributed by atoms with van der Waals surface area (Å²) in [5.74, 6) is -2.29. The lowest BCUT2D eigenvalue weighted by atomic mass is 9.90. The van der Waals surface area contributed by atoms with Gasteiger partial charge in [-0.1, -0.05) is 11.6 Å². The van der Waals surface area contributed by atoms with Crippen LogP contribution in [0.1, 0.15) is 55.6 Å². The number of rotatable bonds is 4. The fourth-order valence-corrected chi connectivity index (χ4v) is 4.28. The lowest BCUT2D eigenvalue weighted by Crippen LogP contribution is -2.41. The summed E-state index contributed by atoms with van der Waals surface area (Å²) in [5, 5.41) is 7.53. The Hall–Kier alpha value is -3.46. The van der Waals surface area contributed by atoms with Gasteiger partial charge >= 0.3 is 6.09 Å². The van der Waals surface area contributed by atoms with Crippen LogP contribution < -0.4 is 5.32 Å². The van der Waals surface area contributed by atoms with E-state index in [4.69, 9.17) is 16.3 Å². The Morgan fingerprint density at radius 3 is 2.36 bits per heavy atom. The zero-order chi connectivity index (χ0) is 26.0. The van der Waals surface area contributed by atoms with Crippen LogP contribution in [0.3, 0.4) is 0 Å². The minimum Gasteiger partial charge on any atom is -0.444 e. The molecule has 1 aromatic heterocycles. The molecular formula is C26H27ClF2N4O3.